The summed E-state index contributed by atoms with van der Waals surface area (Å²) in [5.41, 5.74) is 0.573. The molecular weight excluding hydrogens is 294 g/mol. The molecule has 8 heteroatoms. The van der Waals surface area contributed by atoms with Gasteiger partial charge in [0.2, 0.25) is 9.05 Å². The van der Waals surface area contributed by atoms with Crippen LogP contribution in [0.15, 0.2) is 18.2 Å². The molecule has 0 radical (unpaired) electrons. The number of para-hydroxylation sites is 1. The highest BCUT2D eigenvalue weighted by molar-refractivity contribution is 8.13. The average Bonchev–Trinajstić information content (AvgIpc) is 2.28. The van der Waals surface area contributed by atoms with Crippen LogP contribution in [0.3, 0.4) is 0 Å². The van der Waals surface area contributed by atoms with Gasteiger partial charge in [-0.05, 0) is 25.3 Å². The minimum Gasteiger partial charge on any atom is -0.487 e. The zero-order valence-corrected chi connectivity index (χ0v) is 11.9. The van der Waals surface area contributed by atoms with Gasteiger partial charge in [-0.15, -0.1) is 0 Å². The van der Waals surface area contributed by atoms with Crippen molar-refractivity contribution in [1.82, 2.24) is 0 Å². The van der Waals surface area contributed by atoms with Crippen molar-refractivity contribution in [1.29, 1.82) is 0 Å². The quantitative estimate of drug-likeness (QED) is 0.334. The molecule has 0 aromatic heterocycles. The molecule has 0 spiro atoms. The van der Waals surface area contributed by atoms with E-state index in [-0.39, 0.29) is 23.8 Å². The third-order valence-electron chi connectivity index (χ3n) is 2.42. The van der Waals surface area contributed by atoms with Gasteiger partial charge in [-0.25, -0.2) is 8.42 Å². The lowest BCUT2D eigenvalue weighted by Gasteiger charge is -2.08. The van der Waals surface area contributed by atoms with Gasteiger partial charge in [0.15, 0.2) is 5.75 Å². The molecule has 0 amide bonds. The summed E-state index contributed by atoms with van der Waals surface area (Å²) in [6, 6.07) is 4.66. The molecule has 1 aromatic rings. The topological polar surface area (TPSA) is 86.5 Å². The molecule has 0 bridgehead atoms. The maximum absolute atomic E-state index is 10.8. The van der Waals surface area contributed by atoms with Gasteiger partial charge >= 0.3 is 5.69 Å². The van der Waals surface area contributed by atoms with E-state index in [0.29, 0.717) is 18.4 Å². The van der Waals surface area contributed by atoms with Crippen LogP contribution in [0.1, 0.15) is 18.4 Å². The summed E-state index contributed by atoms with van der Waals surface area (Å²) in [6.45, 7) is 1.92. The summed E-state index contributed by atoms with van der Waals surface area (Å²) < 4.78 is 26.8. The Morgan fingerprint density at radius 2 is 2.05 bits per heavy atom. The number of nitro benzene ring substituents is 1. The molecule has 0 aliphatic carbocycles. The van der Waals surface area contributed by atoms with Gasteiger partial charge in [-0.2, -0.15) is 0 Å². The lowest BCUT2D eigenvalue weighted by Crippen LogP contribution is -2.04. The summed E-state index contributed by atoms with van der Waals surface area (Å²) in [4.78, 5) is 10.3. The number of benzene rings is 1. The van der Waals surface area contributed by atoms with E-state index in [1.807, 2.05) is 0 Å². The van der Waals surface area contributed by atoms with E-state index in [2.05, 4.69) is 0 Å². The molecule has 19 heavy (non-hydrogen) atoms. The Morgan fingerprint density at radius 1 is 1.37 bits per heavy atom. The Kier molecular flexibility index (Phi) is 5.56. The molecule has 6 nitrogen and oxygen atoms in total. The number of ether oxygens (including phenoxy) is 1. The largest absolute Gasteiger partial charge is 0.487 e. The molecule has 1 aromatic carbocycles. The number of unbranched alkanes of at least 4 members (excludes halogenated alkanes) is 1. The second kappa shape index (κ2) is 6.72. The monoisotopic (exact) mass is 307 g/mol. The molecule has 106 valence electrons. The number of hydrogen-bond donors (Lipinski definition) is 0. The normalized spacial score (nSPS) is 11.3. The second-order valence-corrected chi connectivity index (χ2v) is 6.88. The zero-order valence-electron chi connectivity index (χ0n) is 10.3. The molecule has 0 fully saturated rings. The highest BCUT2D eigenvalue weighted by Crippen LogP contribution is 2.30. The standard InChI is InChI=1S/C11H14ClNO5S/c1-9-5-4-6-10(13(14)15)11(9)18-7-2-3-8-19(12,16)17/h4-6H,2-3,7-8H2,1H3. The van der Waals surface area contributed by atoms with Crippen LogP contribution in [-0.2, 0) is 9.05 Å². The zero-order chi connectivity index (χ0) is 14.5. The van der Waals surface area contributed by atoms with E-state index in [4.69, 9.17) is 15.4 Å². The van der Waals surface area contributed by atoms with E-state index < -0.39 is 14.0 Å². The van der Waals surface area contributed by atoms with Gasteiger partial charge in [0.1, 0.15) is 0 Å². The van der Waals surface area contributed by atoms with Gasteiger partial charge in [0.25, 0.3) is 0 Å². The number of rotatable bonds is 7. The number of nitrogens with zero attached hydrogens (tertiary/aromatic N) is 1. The molecular formula is C11H14ClNO5S. The first-order valence-electron chi connectivity index (χ1n) is 5.60. The van der Waals surface area contributed by atoms with Gasteiger partial charge in [-0.1, -0.05) is 12.1 Å². The molecule has 1 rings (SSSR count). The lowest BCUT2D eigenvalue weighted by atomic mass is 10.2. The predicted molar refractivity (Wildman–Crippen MR) is 72.2 cm³/mol. The fraction of sp³-hybridized carbons (Fsp3) is 0.455. The van der Waals surface area contributed by atoms with Crippen molar-refractivity contribution in [2.75, 3.05) is 12.4 Å². The van der Waals surface area contributed by atoms with Crippen LogP contribution in [0.4, 0.5) is 5.69 Å². The van der Waals surface area contributed by atoms with Gasteiger partial charge < -0.3 is 4.74 Å². The Morgan fingerprint density at radius 3 is 2.63 bits per heavy atom. The van der Waals surface area contributed by atoms with Crippen molar-refractivity contribution in [3.63, 3.8) is 0 Å². The van der Waals surface area contributed by atoms with Gasteiger partial charge in [0, 0.05) is 16.7 Å². The fourth-order valence-corrected chi connectivity index (χ4v) is 2.40. The van der Waals surface area contributed by atoms with Crippen molar-refractivity contribution < 1.29 is 18.1 Å². The van der Waals surface area contributed by atoms with E-state index in [1.54, 1.807) is 19.1 Å². The highest BCUT2D eigenvalue weighted by atomic mass is 35.7. The van der Waals surface area contributed by atoms with Crippen LogP contribution in [0.5, 0.6) is 5.75 Å². The number of nitro groups is 1. The molecule has 0 aliphatic rings. The number of halogens is 1. The summed E-state index contributed by atoms with van der Waals surface area (Å²) >= 11 is 0. The predicted octanol–water partition coefficient (Wildman–Crippen LogP) is 2.63. The van der Waals surface area contributed by atoms with Crippen LogP contribution in [0, 0.1) is 17.0 Å². The van der Waals surface area contributed by atoms with E-state index in [9.17, 15) is 18.5 Å². The lowest BCUT2D eigenvalue weighted by molar-refractivity contribution is -0.385. The summed E-state index contributed by atoms with van der Waals surface area (Å²) in [7, 11) is 1.57. The van der Waals surface area contributed by atoms with Crippen LogP contribution in [-0.4, -0.2) is 25.7 Å². The summed E-state index contributed by atoms with van der Waals surface area (Å²) in [5.74, 6) is 0.0922. The molecule has 0 heterocycles. The van der Waals surface area contributed by atoms with Crippen LogP contribution in [0.2, 0.25) is 0 Å². The minimum atomic E-state index is -3.49. The molecule has 0 saturated heterocycles. The van der Waals surface area contributed by atoms with Crippen molar-refractivity contribution >= 4 is 25.4 Å². The second-order valence-electron chi connectivity index (χ2n) is 3.98. The number of aryl methyl sites for hydroxylation is 1. The first-order valence-corrected chi connectivity index (χ1v) is 8.08. The molecule has 0 saturated carbocycles. The van der Waals surface area contributed by atoms with E-state index in [0.717, 1.165) is 0 Å². The molecule has 0 N–H and O–H groups in total. The van der Waals surface area contributed by atoms with Gasteiger partial charge in [-0.3, -0.25) is 10.1 Å². The highest BCUT2D eigenvalue weighted by Gasteiger charge is 2.16. The van der Waals surface area contributed by atoms with Crippen LogP contribution >= 0.6 is 10.7 Å². The van der Waals surface area contributed by atoms with Crippen LogP contribution in [0.25, 0.3) is 0 Å². The SMILES string of the molecule is Cc1cccc([N+](=O)[O-])c1OCCCCS(=O)(=O)Cl. The smallest absolute Gasteiger partial charge is 0.311 e. The van der Waals surface area contributed by atoms with E-state index >= 15 is 0 Å². The third-order valence-corrected chi connectivity index (χ3v) is 3.66. The number of hydrogen-bond acceptors (Lipinski definition) is 5. The Labute approximate surface area is 115 Å². The van der Waals surface area contributed by atoms with Crippen molar-refractivity contribution in [3.8, 4) is 5.75 Å². The maximum Gasteiger partial charge on any atom is 0.311 e. The van der Waals surface area contributed by atoms with E-state index in [1.165, 1.54) is 6.07 Å². The molecule has 0 aliphatic heterocycles. The first kappa shape index (κ1) is 15.7. The third kappa shape index (κ3) is 5.44. The summed E-state index contributed by atoms with van der Waals surface area (Å²) in [6.07, 6.45) is 0.808. The Bertz CT molecular complexity index is 558. The summed E-state index contributed by atoms with van der Waals surface area (Å²) in [5, 5.41) is 10.8. The van der Waals surface area contributed by atoms with Gasteiger partial charge in [0.05, 0.1) is 17.3 Å². The fourth-order valence-electron chi connectivity index (χ4n) is 1.52. The average molecular weight is 308 g/mol. The molecule has 0 atom stereocenters. The Balaban J connectivity index is 2.56. The minimum absolute atomic E-state index is 0.0926. The Hall–Kier alpha value is -1.34. The van der Waals surface area contributed by atoms with Crippen molar-refractivity contribution in [3.05, 3.63) is 33.9 Å². The van der Waals surface area contributed by atoms with Crippen LogP contribution < -0.4 is 4.74 Å². The maximum atomic E-state index is 10.8. The first-order chi connectivity index (χ1) is 8.81. The van der Waals surface area contributed by atoms with Crippen molar-refractivity contribution in [2.24, 2.45) is 0 Å². The van der Waals surface area contributed by atoms with Crippen molar-refractivity contribution in [2.45, 2.75) is 19.8 Å². The molecule has 0 unspecified atom stereocenters.